The highest BCUT2D eigenvalue weighted by Gasteiger charge is 2.23. The molecule has 0 fully saturated rings. The lowest BCUT2D eigenvalue weighted by molar-refractivity contribution is 0.146. The Morgan fingerprint density at radius 3 is 2.50 bits per heavy atom. The van der Waals surface area contributed by atoms with E-state index in [4.69, 9.17) is 5.73 Å². The van der Waals surface area contributed by atoms with Gasteiger partial charge in [0.05, 0.1) is 6.10 Å². The average Bonchev–Trinajstić information content (AvgIpc) is 2.42. The molecule has 106 valence electrons. The molecule has 0 spiro atoms. The van der Waals surface area contributed by atoms with Crippen LogP contribution in [0.4, 0.5) is 0 Å². The van der Waals surface area contributed by atoms with E-state index in [1.54, 1.807) is 0 Å². The van der Waals surface area contributed by atoms with Gasteiger partial charge in [-0.3, -0.25) is 0 Å². The Labute approximate surface area is 128 Å². The first kappa shape index (κ1) is 15.2. The quantitative estimate of drug-likeness (QED) is 0.892. The highest BCUT2D eigenvalue weighted by Crippen LogP contribution is 2.34. The fourth-order valence-corrected chi connectivity index (χ4v) is 2.89. The van der Waals surface area contributed by atoms with Crippen LogP contribution in [-0.2, 0) is 0 Å². The van der Waals surface area contributed by atoms with Crippen molar-refractivity contribution in [2.45, 2.75) is 25.9 Å². The summed E-state index contributed by atoms with van der Waals surface area (Å²) in [6, 6.07) is 14.1. The zero-order chi connectivity index (χ0) is 14.7. The van der Waals surface area contributed by atoms with Crippen LogP contribution in [0.25, 0.3) is 0 Å². The molecule has 0 bridgehead atoms. The molecule has 0 aromatic heterocycles. The fourth-order valence-electron chi connectivity index (χ4n) is 2.51. The number of halogens is 1. The molecule has 2 unspecified atom stereocenters. The molecule has 0 saturated carbocycles. The number of aliphatic hydroxyl groups excluding tert-OH is 1. The van der Waals surface area contributed by atoms with E-state index < -0.39 is 6.10 Å². The molecule has 0 aliphatic heterocycles. The summed E-state index contributed by atoms with van der Waals surface area (Å²) < 4.78 is 1.01. The predicted molar refractivity (Wildman–Crippen MR) is 86.8 cm³/mol. The van der Waals surface area contributed by atoms with Crippen molar-refractivity contribution in [3.8, 4) is 0 Å². The summed E-state index contributed by atoms with van der Waals surface area (Å²) in [4.78, 5) is 0. The summed E-state index contributed by atoms with van der Waals surface area (Å²) in [6.07, 6.45) is -0.598. The minimum atomic E-state index is -0.598. The third kappa shape index (κ3) is 3.11. The SMILES string of the molecule is Cc1cccc(C(CN)C(O)c2cccc(Br)c2C)c1. The van der Waals surface area contributed by atoms with E-state index in [1.165, 1.54) is 5.56 Å². The summed E-state index contributed by atoms with van der Waals surface area (Å²) in [6.45, 7) is 4.47. The molecule has 20 heavy (non-hydrogen) atoms. The third-order valence-corrected chi connectivity index (χ3v) is 4.59. The van der Waals surface area contributed by atoms with Crippen LogP contribution in [0.2, 0.25) is 0 Å². The van der Waals surface area contributed by atoms with Crippen LogP contribution in [0.1, 0.15) is 34.3 Å². The maximum Gasteiger partial charge on any atom is 0.0873 e. The zero-order valence-electron chi connectivity index (χ0n) is 11.8. The number of rotatable bonds is 4. The Morgan fingerprint density at radius 1 is 1.15 bits per heavy atom. The van der Waals surface area contributed by atoms with Gasteiger partial charge in [-0.05, 0) is 36.6 Å². The largest absolute Gasteiger partial charge is 0.388 e. The van der Waals surface area contributed by atoms with Crippen LogP contribution in [0.5, 0.6) is 0 Å². The van der Waals surface area contributed by atoms with E-state index in [1.807, 2.05) is 50.2 Å². The molecule has 0 amide bonds. The second-order valence-corrected chi connectivity index (χ2v) is 6.01. The van der Waals surface area contributed by atoms with Gasteiger partial charge in [-0.2, -0.15) is 0 Å². The molecule has 2 aromatic rings. The van der Waals surface area contributed by atoms with Crippen LogP contribution in [-0.4, -0.2) is 11.7 Å². The van der Waals surface area contributed by atoms with E-state index in [0.29, 0.717) is 6.54 Å². The molecule has 3 N–H and O–H groups in total. The van der Waals surface area contributed by atoms with Gasteiger partial charge in [-0.1, -0.05) is 57.9 Å². The third-order valence-electron chi connectivity index (χ3n) is 3.73. The summed E-state index contributed by atoms with van der Waals surface area (Å²) in [5.41, 5.74) is 10.2. The van der Waals surface area contributed by atoms with E-state index >= 15 is 0 Å². The lowest BCUT2D eigenvalue weighted by Crippen LogP contribution is -2.21. The first-order chi connectivity index (χ1) is 9.54. The number of aryl methyl sites for hydroxylation is 1. The summed E-state index contributed by atoms with van der Waals surface area (Å²) in [7, 11) is 0. The molecule has 0 aliphatic carbocycles. The van der Waals surface area contributed by atoms with Crippen molar-refractivity contribution in [1.82, 2.24) is 0 Å². The van der Waals surface area contributed by atoms with Gasteiger partial charge >= 0.3 is 0 Å². The van der Waals surface area contributed by atoms with Crippen molar-refractivity contribution in [3.63, 3.8) is 0 Å². The molecule has 3 heteroatoms. The molecule has 0 aliphatic rings. The number of benzene rings is 2. The maximum atomic E-state index is 10.7. The number of hydrogen-bond donors (Lipinski definition) is 2. The summed E-state index contributed by atoms with van der Waals surface area (Å²) >= 11 is 3.51. The van der Waals surface area contributed by atoms with E-state index in [-0.39, 0.29) is 5.92 Å². The molecule has 2 aromatic carbocycles. The van der Waals surface area contributed by atoms with Crippen molar-refractivity contribution in [2.75, 3.05) is 6.54 Å². The Morgan fingerprint density at radius 2 is 1.85 bits per heavy atom. The smallest absolute Gasteiger partial charge is 0.0873 e. The van der Waals surface area contributed by atoms with Gasteiger partial charge in [-0.25, -0.2) is 0 Å². The first-order valence-corrected chi connectivity index (χ1v) is 7.53. The predicted octanol–water partition coefficient (Wildman–Crippen LogP) is 3.84. The van der Waals surface area contributed by atoms with Gasteiger partial charge in [0.2, 0.25) is 0 Å². The van der Waals surface area contributed by atoms with E-state index in [2.05, 4.69) is 22.0 Å². The monoisotopic (exact) mass is 333 g/mol. The number of nitrogens with two attached hydrogens (primary N) is 1. The zero-order valence-corrected chi connectivity index (χ0v) is 13.4. The topological polar surface area (TPSA) is 46.2 Å². The Bertz CT molecular complexity index is 597. The Kier molecular flexibility index (Phi) is 4.97. The van der Waals surface area contributed by atoms with Crippen molar-refractivity contribution in [2.24, 2.45) is 5.73 Å². The summed E-state index contributed by atoms with van der Waals surface area (Å²) in [5, 5.41) is 10.7. The highest BCUT2D eigenvalue weighted by atomic mass is 79.9. The molecule has 2 nitrogen and oxygen atoms in total. The molecular weight excluding hydrogens is 314 g/mol. The molecule has 0 heterocycles. The van der Waals surface area contributed by atoms with Crippen molar-refractivity contribution in [3.05, 3.63) is 69.2 Å². The van der Waals surface area contributed by atoms with Crippen molar-refractivity contribution >= 4 is 15.9 Å². The normalized spacial score (nSPS) is 14.1. The molecule has 0 radical (unpaired) electrons. The van der Waals surface area contributed by atoms with Crippen LogP contribution >= 0.6 is 15.9 Å². The van der Waals surface area contributed by atoms with Crippen LogP contribution in [0.15, 0.2) is 46.9 Å². The number of hydrogen-bond acceptors (Lipinski definition) is 2. The van der Waals surface area contributed by atoms with Crippen LogP contribution in [0, 0.1) is 13.8 Å². The minimum Gasteiger partial charge on any atom is -0.388 e. The fraction of sp³-hybridized carbons (Fsp3) is 0.294. The van der Waals surface area contributed by atoms with Gasteiger partial charge in [0.1, 0.15) is 0 Å². The van der Waals surface area contributed by atoms with Gasteiger partial charge in [0, 0.05) is 16.9 Å². The lowest BCUT2D eigenvalue weighted by atomic mass is 9.87. The van der Waals surface area contributed by atoms with Crippen molar-refractivity contribution in [1.29, 1.82) is 0 Å². The van der Waals surface area contributed by atoms with Gasteiger partial charge in [-0.15, -0.1) is 0 Å². The van der Waals surface area contributed by atoms with Crippen LogP contribution in [0.3, 0.4) is 0 Å². The minimum absolute atomic E-state index is 0.0945. The van der Waals surface area contributed by atoms with Gasteiger partial charge in [0.25, 0.3) is 0 Å². The Hall–Kier alpha value is -1.16. The summed E-state index contributed by atoms with van der Waals surface area (Å²) in [5.74, 6) is -0.0945. The molecule has 0 saturated heterocycles. The van der Waals surface area contributed by atoms with Gasteiger partial charge < -0.3 is 10.8 Å². The lowest BCUT2D eigenvalue weighted by Gasteiger charge is -2.24. The molecular formula is C17H20BrNO. The molecule has 2 atom stereocenters. The van der Waals surface area contributed by atoms with Crippen LogP contribution < -0.4 is 5.73 Å². The second-order valence-electron chi connectivity index (χ2n) is 5.16. The molecule has 2 rings (SSSR count). The van der Waals surface area contributed by atoms with E-state index in [9.17, 15) is 5.11 Å². The standard InChI is InChI=1S/C17H20BrNO/c1-11-5-3-6-13(9-11)15(10-19)17(20)14-7-4-8-16(18)12(14)2/h3-9,15,17,20H,10,19H2,1-2H3. The van der Waals surface area contributed by atoms with E-state index in [0.717, 1.165) is 21.2 Å². The Balaban J connectivity index is 2.39. The second kappa shape index (κ2) is 6.53. The maximum absolute atomic E-state index is 10.7. The highest BCUT2D eigenvalue weighted by molar-refractivity contribution is 9.10. The van der Waals surface area contributed by atoms with Crippen molar-refractivity contribution < 1.29 is 5.11 Å². The average molecular weight is 334 g/mol. The number of aliphatic hydroxyl groups is 1. The first-order valence-electron chi connectivity index (χ1n) is 6.74. The van der Waals surface area contributed by atoms with Gasteiger partial charge in [0.15, 0.2) is 0 Å².